The zero-order valence-electron chi connectivity index (χ0n) is 12.6. The molecule has 114 valence electrons. The fourth-order valence-corrected chi connectivity index (χ4v) is 3.58. The van der Waals surface area contributed by atoms with Crippen LogP contribution in [-0.4, -0.2) is 66.8 Å². The van der Waals surface area contributed by atoms with Gasteiger partial charge in [0.25, 0.3) is 5.91 Å². The van der Waals surface area contributed by atoms with Gasteiger partial charge >= 0.3 is 0 Å². The fraction of sp³-hybridized carbons (Fsp3) is 0.562. The highest BCUT2D eigenvalue weighted by atomic mass is 16.5. The van der Waals surface area contributed by atoms with Gasteiger partial charge in [0.1, 0.15) is 5.75 Å². The number of carbonyl (C=O) groups is 1. The number of likely N-dealkylation sites (tertiary alicyclic amines) is 2. The van der Waals surface area contributed by atoms with Gasteiger partial charge in [-0.25, -0.2) is 0 Å². The van der Waals surface area contributed by atoms with Crippen LogP contribution in [-0.2, 0) is 0 Å². The number of carbonyl (C=O) groups excluding carboxylic acids is 1. The monoisotopic (exact) mass is 290 g/mol. The predicted molar refractivity (Wildman–Crippen MR) is 79.5 cm³/mol. The fourth-order valence-electron chi connectivity index (χ4n) is 3.58. The number of aliphatic hydroxyl groups excluding tert-OH is 1. The van der Waals surface area contributed by atoms with Crippen molar-refractivity contribution in [1.82, 2.24) is 9.80 Å². The highest BCUT2D eigenvalue weighted by molar-refractivity contribution is 5.95. The molecule has 21 heavy (non-hydrogen) atoms. The Labute approximate surface area is 125 Å². The highest BCUT2D eigenvalue weighted by Gasteiger charge is 2.52. The third kappa shape index (κ3) is 2.40. The summed E-state index contributed by atoms with van der Waals surface area (Å²) in [4.78, 5) is 16.7. The number of ether oxygens (including phenoxy) is 1. The maximum Gasteiger partial charge on any atom is 0.254 e. The van der Waals surface area contributed by atoms with Crippen LogP contribution in [0.25, 0.3) is 0 Å². The van der Waals surface area contributed by atoms with Gasteiger partial charge in [0.2, 0.25) is 0 Å². The molecule has 0 bridgehead atoms. The molecule has 2 heterocycles. The molecule has 1 unspecified atom stereocenters. The Morgan fingerprint density at radius 2 is 2.24 bits per heavy atom. The van der Waals surface area contributed by atoms with E-state index in [1.807, 2.05) is 23.1 Å². The van der Waals surface area contributed by atoms with E-state index in [-0.39, 0.29) is 18.1 Å². The summed E-state index contributed by atoms with van der Waals surface area (Å²) in [5.74, 6) is 1.10. The lowest BCUT2D eigenvalue weighted by molar-refractivity contribution is -0.00775. The molecule has 1 aromatic carbocycles. The summed E-state index contributed by atoms with van der Waals surface area (Å²) >= 11 is 0. The van der Waals surface area contributed by atoms with Gasteiger partial charge in [-0.15, -0.1) is 0 Å². The number of aliphatic hydroxyl groups is 1. The van der Waals surface area contributed by atoms with Crippen molar-refractivity contribution in [3.8, 4) is 5.75 Å². The molecule has 1 spiro atoms. The van der Waals surface area contributed by atoms with E-state index >= 15 is 0 Å². The van der Waals surface area contributed by atoms with Crippen LogP contribution >= 0.6 is 0 Å². The van der Waals surface area contributed by atoms with Crippen LogP contribution in [0.2, 0.25) is 0 Å². The molecule has 2 fully saturated rings. The van der Waals surface area contributed by atoms with Crippen LogP contribution in [0.5, 0.6) is 5.75 Å². The number of methoxy groups -OCH3 is 1. The molecule has 0 radical (unpaired) electrons. The zero-order chi connectivity index (χ0) is 15.0. The lowest BCUT2D eigenvalue weighted by atomic mass is 9.84. The maximum atomic E-state index is 12.5. The van der Waals surface area contributed by atoms with E-state index in [0.717, 1.165) is 26.1 Å². The van der Waals surface area contributed by atoms with E-state index in [1.165, 1.54) is 0 Å². The molecule has 5 heteroatoms. The first-order chi connectivity index (χ1) is 10.1. The van der Waals surface area contributed by atoms with Gasteiger partial charge in [0, 0.05) is 31.8 Å². The van der Waals surface area contributed by atoms with Crippen molar-refractivity contribution < 1.29 is 14.6 Å². The Morgan fingerprint density at radius 1 is 1.48 bits per heavy atom. The summed E-state index contributed by atoms with van der Waals surface area (Å²) in [6, 6.07) is 7.28. The largest absolute Gasteiger partial charge is 0.497 e. The minimum Gasteiger partial charge on any atom is -0.497 e. The molecule has 2 aliphatic rings. The SMILES string of the molecule is COc1cccc(C(=O)N2CC3(CC(CO)CN3C)C2)c1. The third-order valence-electron chi connectivity index (χ3n) is 4.84. The van der Waals surface area contributed by atoms with Gasteiger partial charge in [-0.05, 0) is 37.6 Å². The second-order valence-corrected chi connectivity index (χ2v) is 6.25. The van der Waals surface area contributed by atoms with Crippen molar-refractivity contribution in [3.05, 3.63) is 29.8 Å². The van der Waals surface area contributed by atoms with Gasteiger partial charge < -0.3 is 14.7 Å². The topological polar surface area (TPSA) is 53.0 Å². The average molecular weight is 290 g/mol. The highest BCUT2D eigenvalue weighted by Crippen LogP contribution is 2.39. The minimum atomic E-state index is 0.0559. The van der Waals surface area contributed by atoms with Crippen molar-refractivity contribution in [2.45, 2.75) is 12.0 Å². The molecule has 2 aliphatic heterocycles. The average Bonchev–Trinajstić information content (AvgIpc) is 2.82. The Balaban J connectivity index is 1.67. The second-order valence-electron chi connectivity index (χ2n) is 6.25. The zero-order valence-corrected chi connectivity index (χ0v) is 12.6. The lowest BCUT2D eigenvalue weighted by Gasteiger charge is -2.52. The number of hydrogen-bond acceptors (Lipinski definition) is 4. The van der Waals surface area contributed by atoms with Gasteiger partial charge in [-0.2, -0.15) is 0 Å². The smallest absolute Gasteiger partial charge is 0.254 e. The molecular formula is C16H22N2O3. The molecular weight excluding hydrogens is 268 g/mol. The van der Waals surface area contributed by atoms with E-state index < -0.39 is 0 Å². The molecule has 1 atom stereocenters. The van der Waals surface area contributed by atoms with Crippen molar-refractivity contribution >= 4 is 5.91 Å². The standard InChI is InChI=1S/C16H22N2O3/c1-17-8-12(9-19)7-16(17)10-18(11-16)15(20)13-4-3-5-14(6-13)21-2/h3-6,12,19H,7-11H2,1-2H3. The van der Waals surface area contributed by atoms with Crippen LogP contribution in [0.4, 0.5) is 0 Å². The second kappa shape index (κ2) is 5.31. The van der Waals surface area contributed by atoms with Gasteiger partial charge in [-0.1, -0.05) is 6.07 Å². The number of likely N-dealkylation sites (N-methyl/N-ethyl adjacent to an activating group) is 1. The molecule has 1 amide bonds. The van der Waals surface area contributed by atoms with Gasteiger partial charge in [0.05, 0.1) is 12.6 Å². The normalized spacial score (nSPS) is 24.1. The molecule has 0 aromatic heterocycles. The summed E-state index contributed by atoms with van der Waals surface area (Å²) in [7, 11) is 3.69. The number of amides is 1. The van der Waals surface area contributed by atoms with Crippen molar-refractivity contribution in [1.29, 1.82) is 0 Å². The lowest BCUT2D eigenvalue weighted by Crippen LogP contribution is -2.68. The molecule has 5 nitrogen and oxygen atoms in total. The van der Waals surface area contributed by atoms with Crippen LogP contribution in [0.3, 0.4) is 0 Å². The predicted octanol–water partition coefficient (Wildman–Crippen LogP) is 0.834. The number of hydrogen-bond donors (Lipinski definition) is 1. The summed E-state index contributed by atoms with van der Waals surface area (Å²) in [5, 5.41) is 9.33. The van der Waals surface area contributed by atoms with Crippen LogP contribution in [0, 0.1) is 5.92 Å². The molecule has 2 saturated heterocycles. The molecule has 1 aromatic rings. The van der Waals surface area contributed by atoms with E-state index in [2.05, 4.69) is 11.9 Å². The summed E-state index contributed by atoms with van der Waals surface area (Å²) in [5.41, 5.74) is 0.741. The van der Waals surface area contributed by atoms with E-state index in [0.29, 0.717) is 17.2 Å². The van der Waals surface area contributed by atoms with E-state index in [9.17, 15) is 9.90 Å². The van der Waals surface area contributed by atoms with Gasteiger partial charge in [0.15, 0.2) is 0 Å². The first kappa shape index (κ1) is 14.4. The Bertz CT molecular complexity index is 540. The Hall–Kier alpha value is -1.59. The van der Waals surface area contributed by atoms with Crippen LogP contribution in [0.15, 0.2) is 24.3 Å². The quantitative estimate of drug-likeness (QED) is 0.896. The summed E-state index contributed by atoms with van der Waals surface area (Å²) in [6.45, 7) is 2.64. The summed E-state index contributed by atoms with van der Waals surface area (Å²) in [6.07, 6.45) is 0.974. The molecule has 0 saturated carbocycles. The summed E-state index contributed by atoms with van der Waals surface area (Å²) < 4.78 is 5.17. The third-order valence-corrected chi connectivity index (χ3v) is 4.84. The van der Waals surface area contributed by atoms with E-state index in [4.69, 9.17) is 4.74 Å². The Kier molecular flexibility index (Phi) is 3.63. The number of nitrogens with zero attached hydrogens (tertiary/aromatic N) is 2. The molecule has 0 aliphatic carbocycles. The first-order valence-electron chi connectivity index (χ1n) is 7.33. The Morgan fingerprint density at radius 3 is 2.86 bits per heavy atom. The van der Waals surface area contributed by atoms with Gasteiger partial charge in [-0.3, -0.25) is 9.69 Å². The van der Waals surface area contributed by atoms with Crippen LogP contribution in [0.1, 0.15) is 16.8 Å². The first-order valence-corrected chi connectivity index (χ1v) is 7.33. The van der Waals surface area contributed by atoms with Crippen LogP contribution < -0.4 is 4.74 Å². The molecule has 1 N–H and O–H groups in total. The maximum absolute atomic E-state index is 12.5. The van der Waals surface area contributed by atoms with Crippen molar-refractivity contribution in [2.24, 2.45) is 5.92 Å². The molecule has 3 rings (SSSR count). The van der Waals surface area contributed by atoms with Crippen molar-refractivity contribution in [2.75, 3.05) is 40.4 Å². The number of rotatable bonds is 3. The number of benzene rings is 1. The minimum absolute atomic E-state index is 0.0559. The van der Waals surface area contributed by atoms with E-state index in [1.54, 1.807) is 13.2 Å². The van der Waals surface area contributed by atoms with Crippen molar-refractivity contribution in [3.63, 3.8) is 0 Å².